The molecule has 0 spiro atoms. The highest BCUT2D eigenvalue weighted by molar-refractivity contribution is 8.18. The van der Waals surface area contributed by atoms with Crippen LogP contribution in [0.1, 0.15) is 119 Å². The summed E-state index contributed by atoms with van der Waals surface area (Å²) in [6, 6.07) is 11.0. The average molecular weight is 556 g/mol. The van der Waals surface area contributed by atoms with Gasteiger partial charge < -0.3 is 9.84 Å². The van der Waals surface area contributed by atoms with Crippen LogP contribution < -0.4 is 4.74 Å². The molecule has 0 saturated heterocycles. The summed E-state index contributed by atoms with van der Waals surface area (Å²) in [6.45, 7) is 30.6. The van der Waals surface area contributed by atoms with Crippen LogP contribution in [-0.2, 0) is 21.7 Å². The summed E-state index contributed by atoms with van der Waals surface area (Å²) < 4.78 is 5.87. The summed E-state index contributed by atoms with van der Waals surface area (Å²) in [7, 11) is 0. The zero-order valence-electron chi connectivity index (χ0n) is 26.1. The Bertz CT molecular complexity index is 1120. The highest BCUT2D eigenvalue weighted by atomic mass is 32.2. The molecule has 0 heterocycles. The molecule has 0 aliphatic rings. The Balaban J connectivity index is 2.62. The van der Waals surface area contributed by atoms with Gasteiger partial charge in [-0.15, -0.1) is 23.5 Å². The monoisotopic (exact) mass is 555 g/mol. The van der Waals surface area contributed by atoms with Crippen molar-refractivity contribution >= 4 is 23.5 Å². The van der Waals surface area contributed by atoms with E-state index in [9.17, 15) is 10.4 Å². The van der Waals surface area contributed by atoms with Gasteiger partial charge in [0.05, 0.1) is 4.08 Å². The van der Waals surface area contributed by atoms with E-state index >= 15 is 0 Å². The van der Waals surface area contributed by atoms with E-state index in [1.807, 2.05) is 23.5 Å². The number of phenolic OH excluding ortho intramolecular Hbond substituents is 1. The first-order valence-corrected chi connectivity index (χ1v) is 15.1. The van der Waals surface area contributed by atoms with Crippen molar-refractivity contribution in [2.75, 3.05) is 6.61 Å². The summed E-state index contributed by atoms with van der Waals surface area (Å²) >= 11 is 3.68. The van der Waals surface area contributed by atoms with Crippen LogP contribution in [-0.4, -0.2) is 15.8 Å². The molecule has 2 rings (SSSR count). The summed E-state index contributed by atoms with van der Waals surface area (Å²) in [5.74, 6) is 1.25. The average Bonchev–Trinajstić information content (AvgIpc) is 2.69. The maximum Gasteiger partial charge on any atom is 0.174 e. The van der Waals surface area contributed by atoms with Gasteiger partial charge in [-0.25, -0.2) is 0 Å². The highest BCUT2D eigenvalue weighted by Gasteiger charge is 2.32. The van der Waals surface area contributed by atoms with Crippen molar-refractivity contribution < 1.29 is 9.84 Å². The quantitative estimate of drug-likeness (QED) is 0.284. The van der Waals surface area contributed by atoms with E-state index in [0.29, 0.717) is 5.75 Å². The second-order valence-electron chi connectivity index (χ2n) is 14.8. The van der Waals surface area contributed by atoms with Gasteiger partial charge in [0.1, 0.15) is 17.6 Å². The van der Waals surface area contributed by atoms with Crippen LogP contribution in [0, 0.1) is 11.3 Å². The topological polar surface area (TPSA) is 53.2 Å². The summed E-state index contributed by atoms with van der Waals surface area (Å²) in [5.41, 5.74) is 3.60. The molecule has 0 aliphatic carbocycles. The molecular weight excluding hydrogens is 507 g/mol. The van der Waals surface area contributed by atoms with Gasteiger partial charge in [0.2, 0.25) is 0 Å². The number of phenols is 1. The number of thioether (sulfide) groups is 2. The number of hydrogen-bond acceptors (Lipinski definition) is 5. The van der Waals surface area contributed by atoms with Gasteiger partial charge in [-0.05, 0) is 59.8 Å². The largest absolute Gasteiger partial charge is 0.507 e. The van der Waals surface area contributed by atoms with Crippen LogP contribution in [0.15, 0.2) is 34.1 Å². The molecule has 38 heavy (non-hydrogen) atoms. The van der Waals surface area contributed by atoms with E-state index in [1.165, 1.54) is 4.90 Å². The van der Waals surface area contributed by atoms with E-state index in [1.54, 1.807) is 0 Å². The summed E-state index contributed by atoms with van der Waals surface area (Å²) in [5, 5.41) is 20.4. The van der Waals surface area contributed by atoms with Crippen molar-refractivity contribution in [2.45, 2.75) is 132 Å². The Kier molecular flexibility index (Phi) is 9.40. The van der Waals surface area contributed by atoms with Crippen molar-refractivity contribution in [3.8, 4) is 17.6 Å². The van der Waals surface area contributed by atoms with Crippen molar-refractivity contribution in [1.29, 1.82) is 5.26 Å². The van der Waals surface area contributed by atoms with E-state index < -0.39 is 0 Å². The molecule has 0 atom stereocenters. The molecule has 0 saturated carbocycles. The smallest absolute Gasteiger partial charge is 0.174 e. The predicted molar refractivity (Wildman–Crippen MR) is 166 cm³/mol. The molecule has 2 aromatic rings. The Morgan fingerprint density at radius 2 is 0.947 bits per heavy atom. The van der Waals surface area contributed by atoms with Crippen molar-refractivity contribution in [1.82, 2.24) is 0 Å². The first-order chi connectivity index (χ1) is 17.0. The van der Waals surface area contributed by atoms with Gasteiger partial charge >= 0.3 is 0 Å². The second kappa shape index (κ2) is 11.0. The fourth-order valence-electron chi connectivity index (χ4n) is 4.43. The zero-order valence-corrected chi connectivity index (χ0v) is 27.8. The molecule has 0 aliphatic heterocycles. The summed E-state index contributed by atoms with van der Waals surface area (Å²) in [6.07, 6.45) is 0. The molecule has 0 fully saturated rings. The normalized spacial score (nSPS) is 13.4. The van der Waals surface area contributed by atoms with Gasteiger partial charge in [-0.3, -0.25) is 0 Å². The van der Waals surface area contributed by atoms with E-state index in [2.05, 4.69) is 127 Å². The molecular formula is C33H49NO2S2. The number of hydrogen-bond donors (Lipinski definition) is 1. The Morgan fingerprint density at radius 1 is 0.632 bits per heavy atom. The molecule has 3 nitrogen and oxygen atoms in total. The van der Waals surface area contributed by atoms with E-state index in [-0.39, 0.29) is 32.3 Å². The van der Waals surface area contributed by atoms with Crippen LogP contribution in [0.3, 0.4) is 0 Å². The number of nitrogens with zero attached hydrogens (tertiary/aromatic N) is 1. The molecule has 5 heteroatoms. The molecule has 0 amide bonds. The fraction of sp³-hybridized carbons (Fsp3) is 0.606. The van der Waals surface area contributed by atoms with Crippen LogP contribution in [0.4, 0.5) is 0 Å². The van der Waals surface area contributed by atoms with Crippen LogP contribution in [0.5, 0.6) is 11.5 Å². The fourth-order valence-corrected chi connectivity index (χ4v) is 7.02. The highest BCUT2D eigenvalue weighted by Crippen LogP contribution is 2.51. The zero-order chi connectivity index (χ0) is 29.5. The second-order valence-corrected chi connectivity index (χ2v) is 18.4. The Labute approximate surface area is 241 Å². The number of nitriles is 1. The minimum Gasteiger partial charge on any atom is -0.507 e. The molecule has 1 N–H and O–H groups in total. The lowest BCUT2D eigenvalue weighted by Gasteiger charge is -2.32. The van der Waals surface area contributed by atoms with Crippen LogP contribution in [0.25, 0.3) is 0 Å². The minimum absolute atomic E-state index is 0.0348. The lowest BCUT2D eigenvalue weighted by Crippen LogP contribution is -2.21. The van der Waals surface area contributed by atoms with Crippen LogP contribution in [0.2, 0.25) is 0 Å². The molecule has 0 radical (unpaired) electrons. The van der Waals surface area contributed by atoms with Crippen molar-refractivity contribution in [3.05, 3.63) is 46.5 Å². The van der Waals surface area contributed by atoms with Crippen molar-refractivity contribution in [3.63, 3.8) is 0 Å². The predicted octanol–water partition coefficient (Wildman–Crippen LogP) is 10.1. The Morgan fingerprint density at radius 3 is 1.24 bits per heavy atom. The first kappa shape index (κ1) is 32.4. The molecule has 0 aromatic heterocycles. The van der Waals surface area contributed by atoms with E-state index in [4.69, 9.17) is 4.74 Å². The van der Waals surface area contributed by atoms with Gasteiger partial charge in [-0.1, -0.05) is 83.1 Å². The number of aromatic hydroxyl groups is 1. The molecule has 210 valence electrons. The van der Waals surface area contributed by atoms with Gasteiger partial charge in [0.25, 0.3) is 0 Å². The maximum absolute atomic E-state index is 11.2. The molecule has 2 aromatic carbocycles. The third kappa shape index (κ3) is 8.12. The Hall–Kier alpha value is -1.77. The standard InChI is InChI=1S/C33H49NO2S2/c1-29(2,3)23-17-21(18-24(27(23)35)30(4,5)6)37-33(13,14)38-22-19-25(31(7,8)9)28(36-16-15-34)26(20-22)32(10,11)12/h17-20,35H,16H2,1-14H3. The third-order valence-corrected chi connectivity index (χ3v) is 8.81. The first-order valence-electron chi connectivity index (χ1n) is 13.4. The van der Waals surface area contributed by atoms with Crippen LogP contribution >= 0.6 is 23.5 Å². The van der Waals surface area contributed by atoms with E-state index in [0.717, 1.165) is 32.9 Å². The lowest BCUT2D eigenvalue weighted by atomic mass is 9.79. The number of rotatable bonds is 6. The number of benzene rings is 2. The van der Waals surface area contributed by atoms with Crippen molar-refractivity contribution in [2.24, 2.45) is 0 Å². The SMILES string of the molecule is CC(C)(Sc1cc(C(C)(C)C)c(O)c(C(C)(C)C)c1)Sc1cc(C(C)(C)C)c(OCC#N)c(C(C)(C)C)c1. The molecule has 0 unspecified atom stereocenters. The van der Waals surface area contributed by atoms with Gasteiger partial charge in [-0.2, -0.15) is 5.26 Å². The number of ether oxygens (including phenoxy) is 1. The molecule has 0 bridgehead atoms. The maximum atomic E-state index is 11.2. The summed E-state index contributed by atoms with van der Waals surface area (Å²) in [4.78, 5) is 2.35. The minimum atomic E-state index is -0.180. The van der Waals surface area contributed by atoms with Gasteiger partial charge in [0, 0.05) is 32.0 Å². The lowest BCUT2D eigenvalue weighted by molar-refractivity contribution is 0.342. The van der Waals surface area contributed by atoms with Gasteiger partial charge in [0.15, 0.2) is 6.61 Å². The third-order valence-electron chi connectivity index (χ3n) is 6.39.